The average molecular weight is 385 g/mol. The van der Waals surface area contributed by atoms with Crippen LogP contribution >= 0.6 is 0 Å². The first-order chi connectivity index (χ1) is 13.5. The van der Waals surface area contributed by atoms with Crippen molar-refractivity contribution < 1.29 is 14.6 Å². The van der Waals surface area contributed by atoms with Gasteiger partial charge in [0.15, 0.2) is 0 Å². The number of aliphatic hydroxyl groups excluding tert-OH is 1. The van der Waals surface area contributed by atoms with E-state index in [9.17, 15) is 19.5 Å². The number of amides is 1. The normalized spacial score (nSPS) is 21.3. The molecule has 4 rings (SSSR count). The monoisotopic (exact) mass is 385 g/mol. The first-order valence-electron chi connectivity index (χ1n) is 9.52. The van der Waals surface area contributed by atoms with E-state index in [1.807, 2.05) is 12.1 Å². The lowest BCUT2D eigenvalue weighted by molar-refractivity contribution is -0.123. The van der Waals surface area contributed by atoms with Crippen molar-refractivity contribution in [3.8, 4) is 5.75 Å². The van der Waals surface area contributed by atoms with Gasteiger partial charge in [-0.1, -0.05) is 6.07 Å². The van der Waals surface area contributed by atoms with E-state index < -0.39 is 11.2 Å². The number of fused-ring (bicyclic) bond motifs is 1. The number of aromatic nitrogens is 2. The molecular formula is C20H23N3O5. The summed E-state index contributed by atoms with van der Waals surface area (Å²) in [5, 5.41) is 12.8. The van der Waals surface area contributed by atoms with Gasteiger partial charge in [0.1, 0.15) is 5.75 Å². The maximum absolute atomic E-state index is 12.6. The summed E-state index contributed by atoms with van der Waals surface area (Å²) in [6.45, 7) is 0.853. The molecule has 28 heavy (non-hydrogen) atoms. The Kier molecular flexibility index (Phi) is 5.04. The highest BCUT2D eigenvalue weighted by molar-refractivity contribution is 5.76. The van der Waals surface area contributed by atoms with Crippen LogP contribution in [0.5, 0.6) is 5.75 Å². The quantitative estimate of drug-likeness (QED) is 0.670. The number of ether oxygens (including phenoxy) is 1. The van der Waals surface area contributed by atoms with E-state index in [0.29, 0.717) is 19.4 Å². The Hall–Kier alpha value is -2.87. The highest BCUT2D eigenvalue weighted by Crippen LogP contribution is 2.39. The molecule has 1 aliphatic heterocycles. The topological polar surface area (TPSA) is 113 Å². The number of nitrogens with zero attached hydrogens (tertiary/aromatic N) is 1. The molecule has 1 amide bonds. The number of aryl methyl sites for hydroxylation is 1. The minimum Gasteiger partial charge on any atom is -0.493 e. The summed E-state index contributed by atoms with van der Waals surface area (Å²) >= 11 is 0. The molecule has 1 aromatic carbocycles. The second kappa shape index (κ2) is 7.63. The molecule has 1 atom stereocenters. The Labute approximate surface area is 161 Å². The molecule has 2 aliphatic rings. The molecule has 1 fully saturated rings. The van der Waals surface area contributed by atoms with Crippen LogP contribution in [0.15, 0.2) is 40.1 Å². The zero-order valence-corrected chi connectivity index (χ0v) is 15.4. The van der Waals surface area contributed by atoms with Crippen molar-refractivity contribution >= 4 is 5.91 Å². The van der Waals surface area contributed by atoms with Crippen molar-refractivity contribution in [2.45, 2.75) is 44.4 Å². The van der Waals surface area contributed by atoms with Crippen LogP contribution in [-0.4, -0.2) is 33.3 Å². The van der Waals surface area contributed by atoms with E-state index in [0.717, 1.165) is 23.3 Å². The lowest BCUT2D eigenvalue weighted by Crippen LogP contribution is -2.41. The Bertz CT molecular complexity index is 990. The molecule has 0 radical (unpaired) electrons. The van der Waals surface area contributed by atoms with Gasteiger partial charge in [-0.3, -0.25) is 14.6 Å². The Morgan fingerprint density at radius 1 is 1.32 bits per heavy atom. The Morgan fingerprint density at radius 2 is 2.14 bits per heavy atom. The first-order valence-corrected chi connectivity index (χ1v) is 9.52. The largest absolute Gasteiger partial charge is 0.493 e. The fraction of sp³-hybridized carbons (Fsp3) is 0.450. The smallest absolute Gasteiger partial charge is 0.328 e. The molecule has 148 valence electrons. The van der Waals surface area contributed by atoms with Gasteiger partial charge in [0.25, 0.3) is 5.56 Å². The minimum absolute atomic E-state index is 0.117. The second-order valence-electron chi connectivity index (χ2n) is 7.45. The van der Waals surface area contributed by atoms with Crippen LogP contribution in [0, 0.1) is 5.92 Å². The average Bonchev–Trinajstić information content (AvgIpc) is 3.11. The number of nitrogens with one attached hydrogen (secondary N) is 2. The number of aromatic amines is 1. The summed E-state index contributed by atoms with van der Waals surface area (Å²) in [6, 6.07) is 7.04. The van der Waals surface area contributed by atoms with E-state index in [1.165, 1.54) is 16.8 Å². The number of H-pyrrole nitrogens is 1. The number of aliphatic hydroxyl groups is 1. The molecule has 0 saturated heterocycles. The third-order valence-electron chi connectivity index (χ3n) is 5.49. The lowest BCUT2D eigenvalue weighted by atomic mass is 9.75. The van der Waals surface area contributed by atoms with Crippen LogP contribution in [-0.2, 0) is 17.8 Å². The third kappa shape index (κ3) is 3.87. The van der Waals surface area contributed by atoms with Crippen molar-refractivity contribution in [1.82, 2.24) is 14.9 Å². The lowest BCUT2D eigenvalue weighted by Gasteiger charge is -2.38. The van der Waals surface area contributed by atoms with Gasteiger partial charge >= 0.3 is 5.69 Å². The Balaban J connectivity index is 1.45. The number of hydrogen-bond acceptors (Lipinski definition) is 5. The number of rotatable bonds is 6. The highest BCUT2D eigenvalue weighted by atomic mass is 16.5. The maximum Gasteiger partial charge on any atom is 0.328 e. The molecular weight excluding hydrogens is 362 g/mol. The molecule has 8 nitrogen and oxygen atoms in total. The van der Waals surface area contributed by atoms with Gasteiger partial charge in [-0.25, -0.2) is 4.79 Å². The zero-order valence-electron chi connectivity index (χ0n) is 15.4. The van der Waals surface area contributed by atoms with E-state index in [2.05, 4.69) is 16.4 Å². The van der Waals surface area contributed by atoms with Crippen molar-refractivity contribution in [2.24, 2.45) is 5.92 Å². The van der Waals surface area contributed by atoms with Crippen molar-refractivity contribution in [1.29, 1.82) is 0 Å². The molecule has 1 saturated carbocycles. The molecule has 3 N–H and O–H groups in total. The standard InChI is InChI=1S/C20H23N3O5/c24-15-10-14(11-15)19(13-1-2-16-12(9-13)5-8-28-16)21-17(25)3-6-23-7-4-18(26)22-20(23)27/h1-2,4,7,9,14-15,19,24H,3,5-6,8,10-11H2,(H,21,25)(H,22,26,27)/t14?,15?,19-/m1/s1. The van der Waals surface area contributed by atoms with E-state index in [4.69, 9.17) is 4.74 Å². The van der Waals surface area contributed by atoms with E-state index >= 15 is 0 Å². The summed E-state index contributed by atoms with van der Waals surface area (Å²) < 4.78 is 6.86. The van der Waals surface area contributed by atoms with E-state index in [-0.39, 0.29) is 36.9 Å². The van der Waals surface area contributed by atoms with Crippen LogP contribution in [0.25, 0.3) is 0 Å². The molecule has 1 aromatic heterocycles. The Morgan fingerprint density at radius 3 is 2.89 bits per heavy atom. The van der Waals surface area contributed by atoms with Gasteiger partial charge in [0.05, 0.1) is 18.8 Å². The molecule has 1 aliphatic carbocycles. The number of benzene rings is 1. The van der Waals surface area contributed by atoms with Crippen LogP contribution in [0.3, 0.4) is 0 Å². The predicted molar refractivity (Wildman–Crippen MR) is 101 cm³/mol. The van der Waals surface area contributed by atoms with Gasteiger partial charge < -0.3 is 19.7 Å². The zero-order chi connectivity index (χ0) is 19.7. The molecule has 0 bridgehead atoms. The first kappa shape index (κ1) is 18.5. The SMILES string of the molecule is O=C(CCn1ccc(=O)[nH]c1=O)N[C@H](c1ccc2c(c1)CCO2)C1CC(O)C1. The van der Waals surface area contributed by atoms with Crippen LogP contribution in [0.4, 0.5) is 0 Å². The van der Waals surface area contributed by atoms with Crippen LogP contribution < -0.4 is 21.3 Å². The molecule has 2 aromatic rings. The molecule has 8 heteroatoms. The fourth-order valence-electron chi connectivity index (χ4n) is 3.86. The van der Waals surface area contributed by atoms with Gasteiger partial charge in [-0.2, -0.15) is 0 Å². The molecule has 0 unspecified atom stereocenters. The minimum atomic E-state index is -0.530. The van der Waals surface area contributed by atoms with Gasteiger partial charge in [0.2, 0.25) is 5.91 Å². The van der Waals surface area contributed by atoms with Gasteiger partial charge in [0, 0.05) is 31.6 Å². The fourth-order valence-corrected chi connectivity index (χ4v) is 3.86. The van der Waals surface area contributed by atoms with E-state index in [1.54, 1.807) is 0 Å². The van der Waals surface area contributed by atoms with Crippen LogP contribution in [0.2, 0.25) is 0 Å². The summed E-state index contributed by atoms with van der Waals surface area (Å²) in [5.41, 5.74) is 1.15. The second-order valence-corrected chi connectivity index (χ2v) is 7.45. The number of hydrogen-bond donors (Lipinski definition) is 3. The highest BCUT2D eigenvalue weighted by Gasteiger charge is 2.36. The van der Waals surface area contributed by atoms with Gasteiger partial charge in [-0.15, -0.1) is 0 Å². The maximum atomic E-state index is 12.6. The molecule has 2 heterocycles. The number of carbonyl (C=O) groups excluding carboxylic acids is 1. The van der Waals surface area contributed by atoms with Crippen LogP contribution in [0.1, 0.15) is 36.4 Å². The van der Waals surface area contributed by atoms with Crippen molar-refractivity contribution in [2.75, 3.05) is 6.61 Å². The van der Waals surface area contributed by atoms with Crippen molar-refractivity contribution in [3.63, 3.8) is 0 Å². The van der Waals surface area contributed by atoms with Crippen molar-refractivity contribution in [3.05, 3.63) is 62.4 Å². The summed E-state index contributed by atoms with van der Waals surface area (Å²) in [4.78, 5) is 37.6. The van der Waals surface area contributed by atoms with Gasteiger partial charge in [-0.05, 0) is 42.0 Å². The summed E-state index contributed by atoms with van der Waals surface area (Å²) in [5.74, 6) is 0.885. The predicted octanol–water partition coefficient (Wildman–Crippen LogP) is 0.490. The third-order valence-corrected chi connectivity index (χ3v) is 5.49. The summed E-state index contributed by atoms with van der Waals surface area (Å²) in [6.07, 6.45) is 3.34. The number of carbonyl (C=O) groups is 1. The summed E-state index contributed by atoms with van der Waals surface area (Å²) in [7, 11) is 0. The molecule has 0 spiro atoms.